The summed E-state index contributed by atoms with van der Waals surface area (Å²) in [7, 11) is 1.67. The summed E-state index contributed by atoms with van der Waals surface area (Å²) in [6.45, 7) is 6.25. The van der Waals surface area contributed by atoms with Gasteiger partial charge in [0.15, 0.2) is 0 Å². The van der Waals surface area contributed by atoms with Crippen LogP contribution in [0, 0.1) is 6.92 Å². The number of hydrogen-bond donors (Lipinski definition) is 2. The molecule has 0 radical (unpaired) electrons. The quantitative estimate of drug-likeness (QED) is 0.783. The molecule has 0 fully saturated rings. The van der Waals surface area contributed by atoms with Crippen LogP contribution in [0.4, 0.5) is 0 Å². The van der Waals surface area contributed by atoms with E-state index in [-0.39, 0.29) is 0 Å². The van der Waals surface area contributed by atoms with Gasteiger partial charge in [-0.1, -0.05) is 12.1 Å². The van der Waals surface area contributed by atoms with Crippen LogP contribution in [0.5, 0.6) is 5.75 Å². The molecule has 0 aliphatic carbocycles. The summed E-state index contributed by atoms with van der Waals surface area (Å²) in [6, 6.07) is 12.2. The fourth-order valence-electron chi connectivity index (χ4n) is 2.46. The maximum atomic E-state index is 10.5. The summed E-state index contributed by atoms with van der Waals surface area (Å²) in [5.41, 5.74) is 0.288. The molecule has 0 spiro atoms. The Hall–Kier alpha value is -1.78. The molecule has 0 saturated carbocycles. The Kier molecular flexibility index (Phi) is 5.85. The highest BCUT2D eigenvalue weighted by Gasteiger charge is 2.26. The molecule has 2 rings (SSSR count). The topological polar surface area (TPSA) is 54.6 Å². The molecule has 2 N–H and O–H groups in total. The Morgan fingerprint density at radius 1 is 1.22 bits per heavy atom. The molecule has 126 valence electrons. The SMILES string of the molecule is COc1ccc(CCC(C)NCC(C)(O)c2ccc(C)o2)cc1. The third kappa shape index (κ3) is 5.12. The van der Waals surface area contributed by atoms with Crippen LogP contribution < -0.4 is 10.1 Å². The van der Waals surface area contributed by atoms with Crippen LogP contribution in [0.3, 0.4) is 0 Å². The maximum absolute atomic E-state index is 10.5. The predicted molar refractivity (Wildman–Crippen MR) is 91.8 cm³/mol. The van der Waals surface area contributed by atoms with Gasteiger partial charge in [0.1, 0.15) is 22.9 Å². The van der Waals surface area contributed by atoms with Gasteiger partial charge >= 0.3 is 0 Å². The molecule has 23 heavy (non-hydrogen) atoms. The lowest BCUT2D eigenvalue weighted by molar-refractivity contribution is 0.0311. The van der Waals surface area contributed by atoms with Crippen LogP contribution in [-0.2, 0) is 12.0 Å². The van der Waals surface area contributed by atoms with Crippen LogP contribution in [0.25, 0.3) is 0 Å². The monoisotopic (exact) mass is 317 g/mol. The first-order chi connectivity index (χ1) is 10.9. The zero-order chi connectivity index (χ0) is 16.9. The summed E-state index contributed by atoms with van der Waals surface area (Å²) in [5, 5.41) is 13.9. The van der Waals surface area contributed by atoms with Gasteiger partial charge < -0.3 is 19.6 Å². The Labute approximate surface area is 138 Å². The summed E-state index contributed by atoms with van der Waals surface area (Å²) < 4.78 is 10.7. The molecule has 2 aromatic rings. The first-order valence-electron chi connectivity index (χ1n) is 8.06. The minimum atomic E-state index is -0.997. The van der Waals surface area contributed by atoms with Crippen molar-refractivity contribution in [3.63, 3.8) is 0 Å². The lowest BCUT2D eigenvalue weighted by Gasteiger charge is -2.24. The predicted octanol–water partition coefficient (Wildman–Crippen LogP) is 3.42. The first-order valence-corrected chi connectivity index (χ1v) is 8.06. The molecule has 0 amide bonds. The second kappa shape index (κ2) is 7.66. The summed E-state index contributed by atoms with van der Waals surface area (Å²) in [6.07, 6.45) is 1.99. The van der Waals surface area contributed by atoms with Gasteiger partial charge in [-0.15, -0.1) is 0 Å². The van der Waals surface area contributed by atoms with Gasteiger partial charge in [0.05, 0.1) is 7.11 Å². The zero-order valence-electron chi connectivity index (χ0n) is 14.4. The van der Waals surface area contributed by atoms with E-state index in [9.17, 15) is 5.11 Å². The number of benzene rings is 1. The minimum Gasteiger partial charge on any atom is -0.497 e. The normalized spacial score (nSPS) is 15.2. The molecule has 2 unspecified atom stereocenters. The van der Waals surface area contributed by atoms with Crippen molar-refractivity contribution in [3.05, 3.63) is 53.5 Å². The van der Waals surface area contributed by atoms with E-state index in [4.69, 9.17) is 9.15 Å². The second-order valence-electron chi connectivity index (χ2n) is 6.35. The van der Waals surface area contributed by atoms with Gasteiger partial charge in [0.25, 0.3) is 0 Å². The average molecular weight is 317 g/mol. The summed E-state index contributed by atoms with van der Waals surface area (Å²) >= 11 is 0. The van der Waals surface area contributed by atoms with Crippen molar-refractivity contribution in [1.29, 1.82) is 0 Å². The van der Waals surface area contributed by atoms with Crippen molar-refractivity contribution in [3.8, 4) is 5.75 Å². The fraction of sp³-hybridized carbons (Fsp3) is 0.474. The standard InChI is InChI=1S/C19H27NO3/c1-14(5-7-16-8-10-17(22-4)11-9-16)20-13-19(3,21)18-12-6-15(2)23-18/h6,8-12,14,20-21H,5,7,13H2,1-4H3. The van der Waals surface area contributed by atoms with Crippen LogP contribution >= 0.6 is 0 Å². The van der Waals surface area contributed by atoms with E-state index in [2.05, 4.69) is 24.4 Å². The number of furan rings is 1. The number of hydrogen-bond acceptors (Lipinski definition) is 4. The van der Waals surface area contributed by atoms with E-state index in [1.54, 1.807) is 14.0 Å². The highest BCUT2D eigenvalue weighted by Crippen LogP contribution is 2.22. The Bertz CT molecular complexity index is 601. The molecule has 0 aliphatic heterocycles. The number of rotatable bonds is 8. The average Bonchev–Trinajstić information content (AvgIpc) is 2.99. The van der Waals surface area contributed by atoms with Gasteiger partial charge in [0, 0.05) is 12.6 Å². The van der Waals surface area contributed by atoms with Gasteiger partial charge in [-0.05, 0) is 63.4 Å². The lowest BCUT2D eigenvalue weighted by Crippen LogP contribution is -2.39. The third-order valence-corrected chi connectivity index (χ3v) is 4.09. The van der Waals surface area contributed by atoms with Crippen molar-refractivity contribution in [2.75, 3.05) is 13.7 Å². The van der Waals surface area contributed by atoms with Gasteiger partial charge in [-0.2, -0.15) is 0 Å². The Morgan fingerprint density at radius 2 is 1.91 bits per heavy atom. The van der Waals surface area contributed by atoms with E-state index >= 15 is 0 Å². The fourth-order valence-corrected chi connectivity index (χ4v) is 2.46. The molecule has 2 atom stereocenters. The number of aliphatic hydroxyl groups is 1. The van der Waals surface area contributed by atoms with Gasteiger partial charge in [-0.3, -0.25) is 0 Å². The molecule has 4 heteroatoms. The number of nitrogens with one attached hydrogen (secondary N) is 1. The Morgan fingerprint density at radius 3 is 2.48 bits per heavy atom. The minimum absolute atomic E-state index is 0.305. The van der Waals surface area contributed by atoms with Crippen molar-refractivity contribution in [2.45, 2.75) is 45.3 Å². The van der Waals surface area contributed by atoms with Crippen molar-refractivity contribution < 1.29 is 14.3 Å². The molecule has 1 heterocycles. The molecule has 1 aromatic carbocycles. The lowest BCUT2D eigenvalue weighted by atomic mass is 10.0. The highest BCUT2D eigenvalue weighted by molar-refractivity contribution is 5.27. The van der Waals surface area contributed by atoms with Gasteiger partial charge in [-0.25, -0.2) is 0 Å². The van der Waals surface area contributed by atoms with Crippen LogP contribution in [-0.4, -0.2) is 24.8 Å². The van der Waals surface area contributed by atoms with Crippen molar-refractivity contribution in [2.24, 2.45) is 0 Å². The number of methoxy groups -OCH3 is 1. The molecule has 0 saturated heterocycles. The van der Waals surface area contributed by atoms with E-state index in [1.807, 2.05) is 31.2 Å². The smallest absolute Gasteiger partial charge is 0.136 e. The zero-order valence-corrected chi connectivity index (χ0v) is 14.4. The molecule has 1 aromatic heterocycles. The highest BCUT2D eigenvalue weighted by atomic mass is 16.5. The molecule has 0 bridgehead atoms. The van der Waals surface area contributed by atoms with Crippen LogP contribution in [0.15, 0.2) is 40.8 Å². The molecular weight excluding hydrogens is 290 g/mol. The second-order valence-corrected chi connectivity index (χ2v) is 6.35. The van der Waals surface area contributed by atoms with Crippen LogP contribution in [0.1, 0.15) is 37.4 Å². The van der Waals surface area contributed by atoms with Crippen LogP contribution in [0.2, 0.25) is 0 Å². The van der Waals surface area contributed by atoms with E-state index in [0.717, 1.165) is 24.4 Å². The van der Waals surface area contributed by atoms with E-state index in [0.29, 0.717) is 18.3 Å². The third-order valence-electron chi connectivity index (χ3n) is 4.09. The first kappa shape index (κ1) is 17.6. The molecule has 4 nitrogen and oxygen atoms in total. The van der Waals surface area contributed by atoms with Crippen molar-refractivity contribution in [1.82, 2.24) is 5.32 Å². The maximum Gasteiger partial charge on any atom is 0.136 e. The largest absolute Gasteiger partial charge is 0.497 e. The van der Waals surface area contributed by atoms with Crippen molar-refractivity contribution >= 4 is 0 Å². The van der Waals surface area contributed by atoms with Gasteiger partial charge in [0.2, 0.25) is 0 Å². The number of aryl methyl sites for hydroxylation is 2. The number of ether oxygens (including phenoxy) is 1. The Balaban J connectivity index is 1.79. The van der Waals surface area contributed by atoms with E-state index in [1.165, 1.54) is 5.56 Å². The molecular formula is C19H27NO3. The summed E-state index contributed by atoms with van der Waals surface area (Å²) in [5.74, 6) is 2.29. The summed E-state index contributed by atoms with van der Waals surface area (Å²) in [4.78, 5) is 0. The molecule has 0 aliphatic rings. The van der Waals surface area contributed by atoms with E-state index < -0.39 is 5.60 Å².